The van der Waals surface area contributed by atoms with Gasteiger partial charge in [0.05, 0.1) is 11.0 Å². The number of benzene rings is 2. The lowest BCUT2D eigenvalue weighted by Crippen LogP contribution is -2.10. The van der Waals surface area contributed by atoms with Crippen LogP contribution in [0.2, 0.25) is 0 Å². The van der Waals surface area contributed by atoms with Crippen molar-refractivity contribution < 1.29 is 0 Å². The van der Waals surface area contributed by atoms with Crippen LogP contribution in [-0.4, -0.2) is 9.97 Å². The number of aromatic nitrogens is 2. The van der Waals surface area contributed by atoms with Gasteiger partial charge in [0.25, 0.3) is 5.56 Å². The van der Waals surface area contributed by atoms with Crippen molar-refractivity contribution in [3.8, 4) is 6.07 Å². The molecule has 0 aliphatic rings. The quantitative estimate of drug-likeness (QED) is 0.523. The molecule has 0 amide bonds. The number of thiophene rings is 1. The number of nitrogens with zero attached hydrogens (tertiary/aromatic N) is 2. The van der Waals surface area contributed by atoms with Crippen molar-refractivity contribution in [1.82, 2.24) is 9.97 Å². The predicted molar refractivity (Wildman–Crippen MR) is 107 cm³/mol. The first-order valence-corrected chi connectivity index (χ1v) is 9.00. The topological polar surface area (TPSA) is 69.5 Å². The Morgan fingerprint density at radius 3 is 2.77 bits per heavy atom. The van der Waals surface area contributed by atoms with Crippen LogP contribution in [0.4, 0.5) is 0 Å². The minimum absolute atomic E-state index is 0.203. The molecule has 0 fully saturated rings. The Morgan fingerprint density at radius 1 is 1.19 bits per heavy atom. The minimum Gasteiger partial charge on any atom is -0.305 e. The maximum Gasteiger partial charge on any atom is 0.260 e. The molecule has 0 saturated heterocycles. The van der Waals surface area contributed by atoms with Crippen LogP contribution in [0.25, 0.3) is 32.6 Å². The number of rotatable bonds is 2. The lowest BCUT2D eigenvalue weighted by molar-refractivity contribution is 1.13. The zero-order chi connectivity index (χ0) is 18.3. The molecule has 26 heavy (non-hydrogen) atoms. The van der Waals surface area contributed by atoms with E-state index in [0.29, 0.717) is 21.6 Å². The third-order valence-electron chi connectivity index (χ3n) is 4.54. The molecule has 0 saturated carbocycles. The fourth-order valence-corrected chi connectivity index (χ4v) is 4.10. The van der Waals surface area contributed by atoms with Gasteiger partial charge in [0.2, 0.25) is 0 Å². The highest BCUT2D eigenvalue weighted by molar-refractivity contribution is 7.18. The molecule has 2 heterocycles. The lowest BCUT2D eigenvalue weighted by Gasteiger charge is -2.04. The minimum atomic E-state index is -0.203. The fraction of sp³-hybridized carbons (Fsp3) is 0.0952. The van der Waals surface area contributed by atoms with Crippen molar-refractivity contribution in [1.29, 1.82) is 5.26 Å². The second-order valence-electron chi connectivity index (χ2n) is 6.12. The maximum atomic E-state index is 12.5. The molecule has 0 radical (unpaired) electrons. The highest BCUT2D eigenvalue weighted by atomic mass is 32.1. The summed E-state index contributed by atoms with van der Waals surface area (Å²) in [6, 6.07) is 16.1. The van der Waals surface area contributed by atoms with Gasteiger partial charge < -0.3 is 4.98 Å². The van der Waals surface area contributed by atoms with E-state index in [1.165, 1.54) is 11.3 Å². The second-order valence-corrected chi connectivity index (χ2v) is 7.32. The Kier molecular flexibility index (Phi) is 3.90. The van der Waals surface area contributed by atoms with Gasteiger partial charge in [-0.1, -0.05) is 42.5 Å². The van der Waals surface area contributed by atoms with Crippen molar-refractivity contribution in [3.63, 3.8) is 0 Å². The summed E-state index contributed by atoms with van der Waals surface area (Å²) in [4.78, 5) is 21.5. The molecule has 5 heteroatoms. The van der Waals surface area contributed by atoms with E-state index in [-0.39, 0.29) is 5.56 Å². The van der Waals surface area contributed by atoms with E-state index in [4.69, 9.17) is 0 Å². The van der Waals surface area contributed by atoms with Gasteiger partial charge in [-0.15, -0.1) is 11.3 Å². The average molecular weight is 357 g/mol. The van der Waals surface area contributed by atoms with E-state index in [1.54, 1.807) is 6.08 Å². The van der Waals surface area contributed by atoms with Crippen LogP contribution in [0.3, 0.4) is 0 Å². The van der Waals surface area contributed by atoms with Crippen LogP contribution < -0.4 is 5.56 Å². The smallest absolute Gasteiger partial charge is 0.260 e. The zero-order valence-electron chi connectivity index (χ0n) is 14.3. The number of hydrogen-bond acceptors (Lipinski definition) is 4. The molecular weight excluding hydrogens is 342 g/mol. The first-order chi connectivity index (χ1) is 12.6. The summed E-state index contributed by atoms with van der Waals surface area (Å²) in [5, 5.41) is 12.4. The van der Waals surface area contributed by atoms with Gasteiger partial charge in [0.15, 0.2) is 5.82 Å². The van der Waals surface area contributed by atoms with Crippen molar-refractivity contribution in [2.45, 2.75) is 13.8 Å². The molecular formula is C21H15N3OS. The summed E-state index contributed by atoms with van der Waals surface area (Å²) in [5.74, 6) is 0.305. The average Bonchev–Trinajstić information content (AvgIpc) is 2.94. The van der Waals surface area contributed by atoms with Gasteiger partial charge in [-0.3, -0.25) is 4.79 Å². The maximum absolute atomic E-state index is 12.5. The Bertz CT molecular complexity index is 1280. The van der Waals surface area contributed by atoms with E-state index in [0.717, 1.165) is 26.8 Å². The van der Waals surface area contributed by atoms with Crippen molar-refractivity contribution in [2.24, 2.45) is 0 Å². The zero-order valence-corrected chi connectivity index (χ0v) is 15.1. The van der Waals surface area contributed by atoms with Crippen LogP contribution in [0.15, 0.2) is 47.3 Å². The normalized spacial score (nSPS) is 11.8. The number of nitrogens with one attached hydrogen (secondary N) is 1. The molecule has 2 aromatic carbocycles. The standard InChI is InChI=1S/C21H15N3OS/c1-12-13(2)26-21-18(12)20(25)23-19(24-21)16(11-22)10-15-8-5-7-14-6-3-4-9-17(14)15/h3-10H,1-2H3,(H,23,24,25). The Balaban J connectivity index is 1.93. The highest BCUT2D eigenvalue weighted by Gasteiger charge is 2.14. The number of allylic oxidation sites excluding steroid dienone is 1. The summed E-state index contributed by atoms with van der Waals surface area (Å²) in [6.45, 7) is 3.89. The number of fused-ring (bicyclic) bond motifs is 2. The van der Waals surface area contributed by atoms with E-state index >= 15 is 0 Å². The van der Waals surface area contributed by atoms with Crippen LogP contribution in [-0.2, 0) is 0 Å². The molecule has 0 aliphatic heterocycles. The number of hydrogen-bond donors (Lipinski definition) is 1. The number of H-pyrrole nitrogens is 1. The molecule has 0 aliphatic carbocycles. The van der Waals surface area contributed by atoms with Crippen molar-refractivity contribution >= 4 is 44.0 Å². The summed E-state index contributed by atoms with van der Waals surface area (Å²) in [5.41, 5.74) is 2.00. The summed E-state index contributed by atoms with van der Waals surface area (Å²) in [7, 11) is 0. The largest absolute Gasteiger partial charge is 0.305 e. The third-order valence-corrected chi connectivity index (χ3v) is 5.64. The molecule has 0 unspecified atom stereocenters. The Hall–Kier alpha value is -3.23. The fourth-order valence-electron chi connectivity index (χ4n) is 3.07. The van der Waals surface area contributed by atoms with Gasteiger partial charge in [-0.05, 0) is 41.8 Å². The summed E-state index contributed by atoms with van der Waals surface area (Å²) in [6.07, 6.45) is 1.78. The first-order valence-electron chi connectivity index (χ1n) is 8.18. The molecule has 1 N–H and O–H groups in total. The van der Waals surface area contributed by atoms with Gasteiger partial charge in [0.1, 0.15) is 10.9 Å². The molecule has 0 atom stereocenters. The molecule has 4 nitrogen and oxygen atoms in total. The highest BCUT2D eigenvalue weighted by Crippen LogP contribution is 2.27. The van der Waals surface area contributed by atoms with E-state index < -0.39 is 0 Å². The van der Waals surface area contributed by atoms with Crippen LogP contribution >= 0.6 is 11.3 Å². The number of nitriles is 1. The molecule has 4 rings (SSSR count). The number of aryl methyl sites for hydroxylation is 2. The Labute approximate surface area is 154 Å². The molecule has 2 aromatic heterocycles. The van der Waals surface area contributed by atoms with Gasteiger partial charge in [-0.25, -0.2) is 4.98 Å². The van der Waals surface area contributed by atoms with Crippen LogP contribution in [0, 0.1) is 25.2 Å². The van der Waals surface area contributed by atoms with E-state index in [2.05, 4.69) is 16.0 Å². The van der Waals surface area contributed by atoms with Crippen LogP contribution in [0.5, 0.6) is 0 Å². The number of aromatic amines is 1. The monoisotopic (exact) mass is 357 g/mol. The van der Waals surface area contributed by atoms with E-state index in [1.807, 2.05) is 56.3 Å². The van der Waals surface area contributed by atoms with Crippen LogP contribution in [0.1, 0.15) is 21.8 Å². The van der Waals surface area contributed by atoms with Gasteiger partial charge >= 0.3 is 0 Å². The second kappa shape index (κ2) is 6.25. The third kappa shape index (κ3) is 2.61. The first kappa shape index (κ1) is 16.2. The van der Waals surface area contributed by atoms with Crippen molar-refractivity contribution in [2.75, 3.05) is 0 Å². The van der Waals surface area contributed by atoms with Gasteiger partial charge in [-0.2, -0.15) is 5.26 Å². The van der Waals surface area contributed by atoms with E-state index in [9.17, 15) is 10.1 Å². The SMILES string of the molecule is Cc1sc2nc(C(C#N)=Cc3cccc4ccccc34)[nH]c(=O)c2c1C. The van der Waals surface area contributed by atoms with Gasteiger partial charge in [0, 0.05) is 4.88 Å². The Morgan fingerprint density at radius 2 is 1.96 bits per heavy atom. The summed E-state index contributed by atoms with van der Waals surface area (Å²) < 4.78 is 0. The van der Waals surface area contributed by atoms with Crippen molar-refractivity contribution in [3.05, 3.63) is 74.6 Å². The molecule has 126 valence electrons. The molecule has 0 spiro atoms. The lowest BCUT2D eigenvalue weighted by atomic mass is 10.0. The predicted octanol–water partition coefficient (Wildman–Crippen LogP) is 4.82. The molecule has 4 aromatic rings. The summed E-state index contributed by atoms with van der Waals surface area (Å²) >= 11 is 1.48. The molecule has 0 bridgehead atoms.